The zero-order chi connectivity index (χ0) is 23.1. The third kappa shape index (κ3) is 6.35. The highest BCUT2D eigenvalue weighted by Crippen LogP contribution is 2.19. The summed E-state index contributed by atoms with van der Waals surface area (Å²) in [7, 11) is 0. The molecule has 3 aromatic rings. The lowest BCUT2D eigenvalue weighted by atomic mass is 10.1. The van der Waals surface area contributed by atoms with Crippen LogP contribution < -0.4 is 15.4 Å². The van der Waals surface area contributed by atoms with Gasteiger partial charge < -0.3 is 15.4 Å². The van der Waals surface area contributed by atoms with Gasteiger partial charge in [0.2, 0.25) is 0 Å². The van der Waals surface area contributed by atoms with Crippen molar-refractivity contribution in [1.29, 1.82) is 0 Å². The number of carbonyl (C=O) groups is 2. The molecule has 1 heterocycles. The molecule has 2 N–H and O–H groups in total. The summed E-state index contributed by atoms with van der Waals surface area (Å²) in [5.41, 5.74) is 2.51. The highest BCUT2D eigenvalue weighted by atomic mass is 32.1. The van der Waals surface area contributed by atoms with Gasteiger partial charge in [0.15, 0.2) is 0 Å². The van der Waals surface area contributed by atoms with Gasteiger partial charge in [0.1, 0.15) is 23.1 Å². The van der Waals surface area contributed by atoms with Gasteiger partial charge in [-0.3, -0.25) is 19.7 Å². The molecule has 3 rings (SSSR count). The maximum absolute atomic E-state index is 12.3. The first-order valence-electron chi connectivity index (χ1n) is 9.78. The molecule has 0 saturated heterocycles. The lowest BCUT2D eigenvalue weighted by molar-refractivity contribution is -0.384. The van der Waals surface area contributed by atoms with Gasteiger partial charge in [-0.25, -0.2) is 4.98 Å². The smallest absolute Gasteiger partial charge is 0.270 e. The molecule has 0 spiro atoms. The number of amides is 2. The lowest BCUT2D eigenvalue weighted by Crippen LogP contribution is -2.34. The summed E-state index contributed by atoms with van der Waals surface area (Å²) in [5, 5.41) is 18.4. The number of thiazole rings is 1. The Bertz CT molecular complexity index is 1120. The highest BCUT2D eigenvalue weighted by molar-refractivity contribution is 7.09. The van der Waals surface area contributed by atoms with Crippen molar-refractivity contribution < 1.29 is 19.2 Å². The van der Waals surface area contributed by atoms with Gasteiger partial charge in [-0.05, 0) is 43.2 Å². The van der Waals surface area contributed by atoms with E-state index >= 15 is 0 Å². The number of aryl methyl sites for hydroxylation is 2. The Morgan fingerprint density at radius 3 is 2.44 bits per heavy atom. The second-order valence-corrected chi connectivity index (χ2v) is 8.00. The molecule has 10 heteroatoms. The molecule has 0 fully saturated rings. The van der Waals surface area contributed by atoms with Crippen molar-refractivity contribution in [3.05, 3.63) is 85.4 Å². The summed E-state index contributed by atoms with van der Waals surface area (Å²) in [6.07, 6.45) is 0. The maximum Gasteiger partial charge on any atom is 0.270 e. The van der Waals surface area contributed by atoms with Crippen LogP contribution in [0.25, 0.3) is 0 Å². The number of nitro groups is 1. The number of benzene rings is 2. The second kappa shape index (κ2) is 10.5. The normalized spacial score (nSPS) is 10.4. The van der Waals surface area contributed by atoms with Crippen LogP contribution >= 0.6 is 11.3 Å². The SMILES string of the molecule is Cc1cc(C)cc(OCc2nc(C(=O)NCCNC(=O)c3cccc([N+](=O)[O-])c3)cs2)c1. The van der Waals surface area contributed by atoms with Crippen LogP contribution in [-0.2, 0) is 6.61 Å². The molecule has 0 aliphatic heterocycles. The predicted molar refractivity (Wildman–Crippen MR) is 120 cm³/mol. The quantitative estimate of drug-likeness (QED) is 0.290. The Labute approximate surface area is 188 Å². The standard InChI is InChI=1S/C22H22N4O5S/c1-14-8-15(2)10-18(9-14)31-12-20-25-19(13-32-20)22(28)24-7-6-23-21(27)16-4-3-5-17(11-16)26(29)30/h3-5,8-11,13H,6-7,12H2,1-2H3,(H,23,27)(H,24,28). The van der Waals surface area contributed by atoms with Crippen molar-refractivity contribution >= 4 is 28.8 Å². The third-order valence-corrected chi connectivity index (χ3v) is 5.18. The fourth-order valence-corrected chi connectivity index (χ4v) is 3.63. The van der Waals surface area contributed by atoms with E-state index in [0.717, 1.165) is 16.9 Å². The van der Waals surface area contributed by atoms with Crippen molar-refractivity contribution in [1.82, 2.24) is 15.6 Å². The molecule has 0 bridgehead atoms. The van der Waals surface area contributed by atoms with Gasteiger partial charge in [-0.1, -0.05) is 12.1 Å². The van der Waals surface area contributed by atoms with Crippen LogP contribution in [0, 0.1) is 24.0 Å². The summed E-state index contributed by atoms with van der Waals surface area (Å²) in [5.74, 6) is -0.0610. The number of hydrogen-bond donors (Lipinski definition) is 2. The van der Waals surface area contributed by atoms with Crippen molar-refractivity contribution in [2.45, 2.75) is 20.5 Å². The van der Waals surface area contributed by atoms with E-state index in [1.807, 2.05) is 26.0 Å². The Morgan fingerprint density at radius 2 is 1.75 bits per heavy atom. The molecule has 166 valence electrons. The zero-order valence-electron chi connectivity index (χ0n) is 17.6. The fraction of sp³-hybridized carbons (Fsp3) is 0.227. The topological polar surface area (TPSA) is 123 Å². The number of nitrogens with one attached hydrogen (secondary N) is 2. The minimum Gasteiger partial charge on any atom is -0.486 e. The number of ether oxygens (including phenoxy) is 1. The molecule has 2 amide bonds. The van der Waals surface area contributed by atoms with E-state index in [4.69, 9.17) is 4.74 Å². The molecular formula is C22H22N4O5S. The summed E-state index contributed by atoms with van der Waals surface area (Å²) in [6.45, 7) is 4.61. The predicted octanol–water partition coefficient (Wildman–Crippen LogP) is 3.41. The number of rotatable bonds is 9. The van der Waals surface area contributed by atoms with E-state index in [1.165, 1.54) is 35.6 Å². The Balaban J connectivity index is 1.43. The van der Waals surface area contributed by atoms with Crippen LogP contribution in [0.2, 0.25) is 0 Å². The fourth-order valence-electron chi connectivity index (χ4n) is 2.95. The molecule has 32 heavy (non-hydrogen) atoms. The number of carbonyl (C=O) groups excluding carboxylic acids is 2. The van der Waals surface area contributed by atoms with Crippen molar-refractivity contribution in [2.24, 2.45) is 0 Å². The van der Waals surface area contributed by atoms with Gasteiger partial charge >= 0.3 is 0 Å². The van der Waals surface area contributed by atoms with E-state index < -0.39 is 10.8 Å². The molecule has 2 aromatic carbocycles. The largest absolute Gasteiger partial charge is 0.486 e. The monoisotopic (exact) mass is 454 g/mol. The highest BCUT2D eigenvalue weighted by Gasteiger charge is 2.13. The second-order valence-electron chi connectivity index (χ2n) is 7.06. The molecule has 0 aliphatic rings. The van der Waals surface area contributed by atoms with Crippen LogP contribution in [-0.4, -0.2) is 34.8 Å². The van der Waals surface area contributed by atoms with Gasteiger partial charge in [0.05, 0.1) is 4.92 Å². The molecule has 0 radical (unpaired) electrons. The molecular weight excluding hydrogens is 432 g/mol. The Kier molecular flexibility index (Phi) is 7.50. The average molecular weight is 455 g/mol. The first kappa shape index (κ1) is 22.9. The van der Waals surface area contributed by atoms with Crippen LogP contribution in [0.4, 0.5) is 5.69 Å². The number of hydrogen-bond acceptors (Lipinski definition) is 7. The molecule has 1 aromatic heterocycles. The van der Waals surface area contributed by atoms with Crippen molar-refractivity contribution in [2.75, 3.05) is 13.1 Å². The van der Waals surface area contributed by atoms with Gasteiger partial charge in [0.25, 0.3) is 17.5 Å². The third-order valence-electron chi connectivity index (χ3n) is 4.36. The zero-order valence-corrected chi connectivity index (χ0v) is 18.4. The van der Waals surface area contributed by atoms with E-state index in [0.29, 0.717) is 5.01 Å². The van der Waals surface area contributed by atoms with Crippen molar-refractivity contribution in [3.8, 4) is 5.75 Å². The molecule has 0 unspecified atom stereocenters. The summed E-state index contributed by atoms with van der Waals surface area (Å²) in [4.78, 5) is 38.9. The molecule has 0 aliphatic carbocycles. The van der Waals surface area contributed by atoms with Crippen molar-refractivity contribution in [3.63, 3.8) is 0 Å². The minimum absolute atomic E-state index is 0.160. The maximum atomic E-state index is 12.3. The van der Waals surface area contributed by atoms with Crippen LogP contribution in [0.3, 0.4) is 0 Å². The first-order chi connectivity index (χ1) is 15.3. The summed E-state index contributed by atoms with van der Waals surface area (Å²) < 4.78 is 5.76. The summed E-state index contributed by atoms with van der Waals surface area (Å²) >= 11 is 1.33. The van der Waals surface area contributed by atoms with Gasteiger partial charge in [-0.2, -0.15) is 0 Å². The summed E-state index contributed by atoms with van der Waals surface area (Å²) in [6, 6.07) is 11.4. The van der Waals surface area contributed by atoms with Gasteiger partial charge in [-0.15, -0.1) is 11.3 Å². The van der Waals surface area contributed by atoms with Crippen LogP contribution in [0.15, 0.2) is 47.8 Å². The Morgan fingerprint density at radius 1 is 1.06 bits per heavy atom. The van der Waals surface area contributed by atoms with Crippen LogP contribution in [0.1, 0.15) is 37.0 Å². The molecule has 0 atom stereocenters. The number of nitrogens with zero attached hydrogens (tertiary/aromatic N) is 2. The van der Waals surface area contributed by atoms with Crippen LogP contribution in [0.5, 0.6) is 5.75 Å². The van der Waals surface area contributed by atoms with Gasteiger partial charge in [0, 0.05) is 36.2 Å². The minimum atomic E-state index is -0.563. The number of non-ortho nitro benzene ring substituents is 1. The Hall–Kier alpha value is -3.79. The number of aromatic nitrogens is 1. The average Bonchev–Trinajstić information content (AvgIpc) is 3.23. The number of nitro benzene ring substituents is 1. The van der Waals surface area contributed by atoms with E-state index in [9.17, 15) is 19.7 Å². The van der Waals surface area contributed by atoms with E-state index in [-0.39, 0.29) is 42.5 Å². The lowest BCUT2D eigenvalue weighted by Gasteiger charge is -2.07. The molecule has 0 saturated carbocycles. The molecule has 9 nitrogen and oxygen atoms in total. The first-order valence-corrected chi connectivity index (χ1v) is 10.7. The van der Waals surface area contributed by atoms with E-state index in [2.05, 4.69) is 21.7 Å². The van der Waals surface area contributed by atoms with E-state index in [1.54, 1.807) is 5.38 Å².